The molecule has 0 spiro atoms. The van der Waals surface area contributed by atoms with Crippen molar-refractivity contribution in [3.8, 4) is 0 Å². The molecule has 9 nitrogen and oxygen atoms in total. The largest absolute Gasteiger partial charge is 0.332 e. The van der Waals surface area contributed by atoms with Crippen molar-refractivity contribution in [2.45, 2.75) is 26.3 Å². The SMILES string of the molecule is CON(C)C(=O)C1CC(Cn2c(=O)c3c(nc(C)n3C)n(C)c2=O)C1. The number of hydroxylamine groups is 2. The normalized spacial score (nSPS) is 19.9. The van der Waals surface area contributed by atoms with E-state index in [0.717, 1.165) is 0 Å². The third-order valence-electron chi connectivity index (χ3n) is 5.19. The van der Waals surface area contributed by atoms with Crippen molar-refractivity contribution in [1.82, 2.24) is 23.7 Å². The monoisotopic (exact) mass is 349 g/mol. The second kappa shape index (κ2) is 6.14. The van der Waals surface area contributed by atoms with Crippen molar-refractivity contribution in [2.75, 3.05) is 14.2 Å². The lowest BCUT2D eigenvalue weighted by atomic mass is 9.74. The number of amides is 1. The third-order valence-corrected chi connectivity index (χ3v) is 5.19. The van der Waals surface area contributed by atoms with Gasteiger partial charge in [0.25, 0.3) is 5.56 Å². The summed E-state index contributed by atoms with van der Waals surface area (Å²) in [4.78, 5) is 46.6. The quantitative estimate of drug-likeness (QED) is 0.712. The summed E-state index contributed by atoms with van der Waals surface area (Å²) in [5.74, 6) is 0.613. The summed E-state index contributed by atoms with van der Waals surface area (Å²) in [5.41, 5.74) is 0.115. The molecule has 1 aliphatic carbocycles. The highest BCUT2D eigenvalue weighted by Gasteiger charge is 2.37. The number of nitrogens with zero attached hydrogens (tertiary/aromatic N) is 5. The molecule has 1 fully saturated rings. The zero-order chi connectivity index (χ0) is 18.5. The molecule has 9 heteroatoms. The minimum atomic E-state index is -0.376. The predicted molar refractivity (Wildman–Crippen MR) is 90.9 cm³/mol. The molecule has 0 bridgehead atoms. The molecule has 2 heterocycles. The highest BCUT2D eigenvalue weighted by atomic mass is 16.7. The van der Waals surface area contributed by atoms with Crippen LogP contribution in [0.4, 0.5) is 0 Å². The molecule has 1 amide bonds. The molecule has 25 heavy (non-hydrogen) atoms. The Balaban J connectivity index is 1.87. The standard InChI is InChI=1S/C16H23N5O4/c1-9-17-13-12(18(9)2)15(23)21(16(24)19(13)3)8-10-6-11(7-10)14(22)20(4)25-5/h10-11H,6-8H2,1-5H3. The van der Waals surface area contributed by atoms with Gasteiger partial charge in [-0.25, -0.2) is 14.8 Å². The Morgan fingerprint density at radius 2 is 1.92 bits per heavy atom. The molecule has 0 aromatic carbocycles. The summed E-state index contributed by atoms with van der Waals surface area (Å²) in [6, 6.07) is 0. The first-order valence-corrected chi connectivity index (χ1v) is 8.20. The van der Waals surface area contributed by atoms with Crippen molar-refractivity contribution >= 4 is 17.1 Å². The number of carbonyl (C=O) groups excluding carboxylic acids is 1. The van der Waals surface area contributed by atoms with Crippen LogP contribution in [-0.2, 0) is 30.3 Å². The average molecular weight is 349 g/mol. The van der Waals surface area contributed by atoms with Gasteiger partial charge in [-0.2, -0.15) is 0 Å². The number of imidazole rings is 1. The van der Waals surface area contributed by atoms with Crippen molar-refractivity contribution < 1.29 is 9.63 Å². The molecule has 136 valence electrons. The lowest BCUT2D eigenvalue weighted by molar-refractivity contribution is -0.178. The molecular weight excluding hydrogens is 326 g/mol. The molecule has 0 saturated heterocycles. The average Bonchev–Trinajstić information content (AvgIpc) is 2.85. The Hall–Kier alpha value is -2.42. The van der Waals surface area contributed by atoms with Crippen molar-refractivity contribution in [2.24, 2.45) is 25.9 Å². The van der Waals surface area contributed by atoms with Crippen LogP contribution in [0.25, 0.3) is 11.2 Å². The van der Waals surface area contributed by atoms with Gasteiger partial charge in [-0.1, -0.05) is 0 Å². The van der Waals surface area contributed by atoms with Gasteiger partial charge in [0, 0.05) is 33.6 Å². The van der Waals surface area contributed by atoms with E-state index in [1.807, 2.05) is 0 Å². The Morgan fingerprint density at radius 3 is 2.52 bits per heavy atom. The molecule has 2 aromatic rings. The van der Waals surface area contributed by atoms with Gasteiger partial charge in [0.15, 0.2) is 11.2 Å². The molecule has 1 aliphatic rings. The Morgan fingerprint density at radius 1 is 1.28 bits per heavy atom. The fourth-order valence-corrected chi connectivity index (χ4v) is 3.41. The molecule has 0 N–H and O–H groups in total. The number of hydrogen-bond donors (Lipinski definition) is 0. The van der Waals surface area contributed by atoms with Gasteiger partial charge < -0.3 is 4.57 Å². The van der Waals surface area contributed by atoms with E-state index in [-0.39, 0.29) is 29.0 Å². The van der Waals surface area contributed by atoms with Gasteiger partial charge in [0.05, 0.1) is 7.11 Å². The lowest BCUT2D eigenvalue weighted by Crippen LogP contribution is -2.45. The number of rotatable bonds is 4. The molecule has 1 saturated carbocycles. The maximum atomic E-state index is 12.8. The van der Waals surface area contributed by atoms with Crippen LogP contribution in [0.1, 0.15) is 18.7 Å². The Bertz CT molecular complexity index is 948. The van der Waals surface area contributed by atoms with Crippen LogP contribution in [0.15, 0.2) is 9.59 Å². The smallest absolute Gasteiger partial charge is 0.325 e. The molecule has 2 aromatic heterocycles. The molecular formula is C16H23N5O4. The second-order valence-corrected chi connectivity index (χ2v) is 6.70. The summed E-state index contributed by atoms with van der Waals surface area (Å²) in [5, 5.41) is 1.22. The predicted octanol–water partition coefficient (Wildman–Crippen LogP) is -0.212. The van der Waals surface area contributed by atoms with Crippen molar-refractivity contribution in [3.05, 3.63) is 26.7 Å². The van der Waals surface area contributed by atoms with Gasteiger partial charge in [-0.15, -0.1) is 0 Å². The summed E-state index contributed by atoms with van der Waals surface area (Å²) in [6.45, 7) is 2.11. The lowest BCUT2D eigenvalue weighted by Gasteiger charge is -2.35. The second-order valence-electron chi connectivity index (χ2n) is 6.70. The summed E-state index contributed by atoms with van der Waals surface area (Å²) >= 11 is 0. The molecule has 0 radical (unpaired) electrons. The maximum Gasteiger partial charge on any atom is 0.332 e. The minimum absolute atomic E-state index is 0.0725. The van der Waals surface area contributed by atoms with Crippen LogP contribution in [-0.4, -0.2) is 43.8 Å². The van der Waals surface area contributed by atoms with Crippen LogP contribution in [0.2, 0.25) is 0 Å². The molecule has 0 unspecified atom stereocenters. The highest BCUT2D eigenvalue weighted by Crippen LogP contribution is 2.35. The highest BCUT2D eigenvalue weighted by molar-refractivity contribution is 5.78. The van der Waals surface area contributed by atoms with Gasteiger partial charge in [-0.3, -0.25) is 23.6 Å². The van der Waals surface area contributed by atoms with Crippen LogP contribution in [0, 0.1) is 18.8 Å². The summed E-state index contributed by atoms with van der Waals surface area (Å²) in [6.07, 6.45) is 1.29. The van der Waals surface area contributed by atoms with Gasteiger partial charge in [0.2, 0.25) is 5.91 Å². The first-order chi connectivity index (χ1) is 11.8. The number of hydrogen-bond acceptors (Lipinski definition) is 5. The third kappa shape index (κ3) is 2.68. The van der Waals surface area contributed by atoms with E-state index in [9.17, 15) is 14.4 Å². The van der Waals surface area contributed by atoms with Crippen molar-refractivity contribution in [3.63, 3.8) is 0 Å². The van der Waals surface area contributed by atoms with Crippen molar-refractivity contribution in [1.29, 1.82) is 0 Å². The topological polar surface area (TPSA) is 91.4 Å². The number of fused-ring (bicyclic) bond motifs is 1. The van der Waals surface area contributed by atoms with E-state index in [2.05, 4.69) is 4.98 Å². The minimum Gasteiger partial charge on any atom is -0.325 e. The van der Waals surface area contributed by atoms with Crippen LogP contribution < -0.4 is 11.2 Å². The van der Waals surface area contributed by atoms with Crippen LogP contribution in [0.3, 0.4) is 0 Å². The molecule has 0 atom stereocenters. The van der Waals surface area contributed by atoms with E-state index >= 15 is 0 Å². The van der Waals surface area contributed by atoms with E-state index in [1.165, 1.54) is 21.3 Å². The maximum absolute atomic E-state index is 12.8. The Kier molecular flexibility index (Phi) is 4.28. The molecule has 0 aliphatic heterocycles. The van der Waals surface area contributed by atoms with Crippen LogP contribution in [0.5, 0.6) is 0 Å². The first kappa shape index (κ1) is 17.4. The number of aromatic nitrogens is 4. The molecule has 3 rings (SSSR count). The van der Waals surface area contributed by atoms with E-state index in [1.54, 1.807) is 32.6 Å². The van der Waals surface area contributed by atoms with Gasteiger partial charge in [-0.05, 0) is 25.7 Å². The zero-order valence-corrected chi connectivity index (χ0v) is 15.1. The summed E-state index contributed by atoms with van der Waals surface area (Å²) < 4.78 is 4.37. The van der Waals surface area contributed by atoms with E-state index in [0.29, 0.717) is 36.4 Å². The zero-order valence-electron chi connectivity index (χ0n) is 15.1. The van der Waals surface area contributed by atoms with E-state index in [4.69, 9.17) is 4.84 Å². The fraction of sp³-hybridized carbons (Fsp3) is 0.625. The van der Waals surface area contributed by atoms with Gasteiger partial charge in [0.1, 0.15) is 5.82 Å². The first-order valence-electron chi connectivity index (χ1n) is 8.20. The van der Waals surface area contributed by atoms with E-state index < -0.39 is 0 Å². The Labute approximate surface area is 144 Å². The number of carbonyl (C=O) groups is 1. The van der Waals surface area contributed by atoms with Crippen LogP contribution >= 0.6 is 0 Å². The summed E-state index contributed by atoms with van der Waals surface area (Å²) in [7, 11) is 6.41. The van der Waals surface area contributed by atoms with Gasteiger partial charge >= 0.3 is 5.69 Å². The number of aryl methyl sites for hydroxylation is 3. The fourth-order valence-electron chi connectivity index (χ4n) is 3.41.